The molecule has 2 heterocycles. The summed E-state index contributed by atoms with van der Waals surface area (Å²) in [5, 5.41) is 9.77. The standard InChI is InChI=1S/C26H32N4O2S/c1-3-21-13-9-10-17-29(21)24(31)19-33-26-28-27-25(22-14-7-8-15-23(22)32-2)30(26)18-16-20-11-5-4-6-12-20/h4-8,11-12,14-15,21H,3,9-10,13,16-19H2,1-2H3. The Morgan fingerprint density at radius 3 is 2.67 bits per heavy atom. The van der Waals surface area contributed by atoms with Gasteiger partial charge in [-0.05, 0) is 49.8 Å². The van der Waals surface area contributed by atoms with E-state index in [2.05, 4.69) is 50.9 Å². The molecule has 3 aromatic rings. The summed E-state index contributed by atoms with van der Waals surface area (Å²) in [7, 11) is 1.67. The first-order valence-corrected chi connectivity index (χ1v) is 12.7. The molecule has 1 aliphatic rings. The number of methoxy groups -OCH3 is 1. The van der Waals surface area contributed by atoms with Crippen molar-refractivity contribution in [2.75, 3.05) is 19.4 Å². The lowest BCUT2D eigenvalue weighted by Gasteiger charge is -2.35. The van der Waals surface area contributed by atoms with Crippen molar-refractivity contribution in [3.05, 3.63) is 60.2 Å². The Morgan fingerprint density at radius 1 is 1.09 bits per heavy atom. The lowest BCUT2D eigenvalue weighted by molar-refractivity contribution is -0.132. The molecule has 4 rings (SSSR count). The Balaban J connectivity index is 1.56. The van der Waals surface area contributed by atoms with E-state index in [1.807, 2.05) is 30.3 Å². The molecule has 2 aromatic carbocycles. The highest BCUT2D eigenvalue weighted by atomic mass is 32.2. The second kappa shape index (κ2) is 11.4. The summed E-state index contributed by atoms with van der Waals surface area (Å²) in [4.78, 5) is 15.1. The zero-order valence-corrected chi connectivity index (χ0v) is 20.3. The fourth-order valence-electron chi connectivity index (χ4n) is 4.47. The Labute approximate surface area is 200 Å². The lowest BCUT2D eigenvalue weighted by Crippen LogP contribution is -2.44. The van der Waals surface area contributed by atoms with Crippen LogP contribution in [0.2, 0.25) is 0 Å². The maximum atomic E-state index is 13.0. The number of rotatable bonds is 9. The number of aryl methyl sites for hydroxylation is 1. The van der Waals surface area contributed by atoms with Crippen LogP contribution in [0.5, 0.6) is 5.75 Å². The molecule has 6 nitrogen and oxygen atoms in total. The van der Waals surface area contributed by atoms with Crippen LogP contribution in [0, 0.1) is 0 Å². The summed E-state index contributed by atoms with van der Waals surface area (Å²) in [6, 6.07) is 18.6. The van der Waals surface area contributed by atoms with Crippen LogP contribution in [0.4, 0.5) is 0 Å². The Hall–Kier alpha value is -2.80. The van der Waals surface area contributed by atoms with Gasteiger partial charge in [0.25, 0.3) is 0 Å². The van der Waals surface area contributed by atoms with E-state index in [0.717, 1.165) is 61.1 Å². The number of carbonyl (C=O) groups is 1. The van der Waals surface area contributed by atoms with Crippen molar-refractivity contribution in [2.45, 2.75) is 56.8 Å². The van der Waals surface area contributed by atoms with Crippen molar-refractivity contribution < 1.29 is 9.53 Å². The van der Waals surface area contributed by atoms with E-state index in [4.69, 9.17) is 4.74 Å². The summed E-state index contributed by atoms with van der Waals surface area (Å²) in [6.45, 7) is 3.76. The summed E-state index contributed by atoms with van der Waals surface area (Å²) < 4.78 is 7.70. The van der Waals surface area contributed by atoms with Crippen molar-refractivity contribution in [3.8, 4) is 17.1 Å². The summed E-state index contributed by atoms with van der Waals surface area (Å²) in [5.74, 6) is 2.11. The molecule has 0 spiro atoms. The summed E-state index contributed by atoms with van der Waals surface area (Å²) in [5.41, 5.74) is 2.16. The first-order chi connectivity index (χ1) is 16.2. The van der Waals surface area contributed by atoms with Crippen LogP contribution in [-0.4, -0.2) is 51.0 Å². The zero-order chi connectivity index (χ0) is 23.0. The topological polar surface area (TPSA) is 60.3 Å². The average molecular weight is 465 g/mol. The van der Waals surface area contributed by atoms with Crippen LogP contribution >= 0.6 is 11.8 Å². The third kappa shape index (κ3) is 5.58. The number of aromatic nitrogens is 3. The molecule has 33 heavy (non-hydrogen) atoms. The number of piperidine rings is 1. The van der Waals surface area contributed by atoms with E-state index in [9.17, 15) is 4.79 Å². The van der Waals surface area contributed by atoms with E-state index in [0.29, 0.717) is 11.8 Å². The number of hydrogen-bond acceptors (Lipinski definition) is 5. The van der Waals surface area contributed by atoms with Crippen LogP contribution in [0.3, 0.4) is 0 Å². The van der Waals surface area contributed by atoms with Gasteiger partial charge in [0.05, 0.1) is 18.4 Å². The molecule has 1 fully saturated rings. The molecule has 1 unspecified atom stereocenters. The molecule has 0 saturated carbocycles. The van der Waals surface area contributed by atoms with Gasteiger partial charge in [0.15, 0.2) is 11.0 Å². The summed E-state index contributed by atoms with van der Waals surface area (Å²) in [6.07, 6.45) is 5.29. The smallest absolute Gasteiger partial charge is 0.233 e. The SMILES string of the molecule is CCC1CCCCN1C(=O)CSc1nnc(-c2ccccc2OC)n1CCc1ccccc1. The van der Waals surface area contributed by atoms with Gasteiger partial charge in [-0.2, -0.15) is 0 Å². The molecule has 0 radical (unpaired) electrons. The van der Waals surface area contributed by atoms with E-state index in [1.54, 1.807) is 7.11 Å². The van der Waals surface area contributed by atoms with Crippen molar-refractivity contribution in [2.24, 2.45) is 0 Å². The highest BCUT2D eigenvalue weighted by Gasteiger charge is 2.26. The molecule has 1 aliphatic heterocycles. The predicted molar refractivity (Wildman–Crippen MR) is 133 cm³/mol. The number of thioether (sulfide) groups is 1. The monoisotopic (exact) mass is 464 g/mol. The molecule has 0 N–H and O–H groups in total. The predicted octanol–water partition coefficient (Wildman–Crippen LogP) is 5.08. The molecule has 1 aromatic heterocycles. The second-order valence-electron chi connectivity index (χ2n) is 8.33. The van der Waals surface area contributed by atoms with Gasteiger partial charge in [-0.15, -0.1) is 10.2 Å². The Kier molecular flexibility index (Phi) is 8.05. The van der Waals surface area contributed by atoms with E-state index in [1.165, 1.54) is 23.7 Å². The van der Waals surface area contributed by atoms with Crippen LogP contribution in [0.1, 0.15) is 38.2 Å². The second-order valence-corrected chi connectivity index (χ2v) is 9.27. The van der Waals surface area contributed by atoms with Gasteiger partial charge in [-0.25, -0.2) is 0 Å². The molecular weight excluding hydrogens is 432 g/mol. The normalized spacial score (nSPS) is 16.1. The number of para-hydroxylation sites is 1. The van der Waals surface area contributed by atoms with Gasteiger partial charge in [0, 0.05) is 19.1 Å². The van der Waals surface area contributed by atoms with Crippen LogP contribution in [-0.2, 0) is 17.8 Å². The number of hydrogen-bond donors (Lipinski definition) is 0. The van der Waals surface area contributed by atoms with E-state index in [-0.39, 0.29) is 5.91 Å². The molecule has 174 valence electrons. The van der Waals surface area contributed by atoms with E-state index >= 15 is 0 Å². The lowest BCUT2D eigenvalue weighted by atomic mass is 10.0. The maximum Gasteiger partial charge on any atom is 0.233 e. The maximum absolute atomic E-state index is 13.0. The Bertz CT molecular complexity index is 1050. The van der Waals surface area contributed by atoms with E-state index < -0.39 is 0 Å². The van der Waals surface area contributed by atoms with Crippen molar-refractivity contribution >= 4 is 17.7 Å². The van der Waals surface area contributed by atoms with Gasteiger partial charge in [0.1, 0.15) is 5.75 Å². The molecule has 1 saturated heterocycles. The van der Waals surface area contributed by atoms with Gasteiger partial charge in [-0.1, -0.05) is 61.2 Å². The van der Waals surface area contributed by atoms with Crippen LogP contribution in [0.25, 0.3) is 11.4 Å². The first-order valence-electron chi connectivity index (χ1n) is 11.7. The fourth-order valence-corrected chi connectivity index (χ4v) is 5.32. The highest BCUT2D eigenvalue weighted by molar-refractivity contribution is 7.99. The van der Waals surface area contributed by atoms with Gasteiger partial charge in [-0.3, -0.25) is 4.79 Å². The molecule has 1 atom stereocenters. The van der Waals surface area contributed by atoms with Crippen molar-refractivity contribution in [3.63, 3.8) is 0 Å². The van der Waals surface area contributed by atoms with Gasteiger partial charge < -0.3 is 14.2 Å². The van der Waals surface area contributed by atoms with Gasteiger partial charge >= 0.3 is 0 Å². The Morgan fingerprint density at radius 2 is 1.88 bits per heavy atom. The summed E-state index contributed by atoms with van der Waals surface area (Å²) >= 11 is 1.48. The largest absolute Gasteiger partial charge is 0.496 e. The van der Waals surface area contributed by atoms with Gasteiger partial charge in [0.2, 0.25) is 5.91 Å². The highest BCUT2D eigenvalue weighted by Crippen LogP contribution is 2.31. The number of amides is 1. The number of nitrogens with zero attached hydrogens (tertiary/aromatic N) is 4. The molecule has 0 aliphatic carbocycles. The number of likely N-dealkylation sites (tertiary alicyclic amines) is 1. The number of ether oxygens (including phenoxy) is 1. The molecule has 1 amide bonds. The number of carbonyl (C=O) groups excluding carboxylic acids is 1. The quantitative estimate of drug-likeness (QED) is 0.413. The zero-order valence-electron chi connectivity index (χ0n) is 19.4. The fraction of sp³-hybridized carbons (Fsp3) is 0.423. The first kappa shape index (κ1) is 23.4. The van der Waals surface area contributed by atoms with Crippen LogP contribution in [0.15, 0.2) is 59.8 Å². The average Bonchev–Trinajstić information content (AvgIpc) is 3.29. The molecule has 7 heteroatoms. The van der Waals surface area contributed by atoms with Crippen molar-refractivity contribution in [1.29, 1.82) is 0 Å². The minimum Gasteiger partial charge on any atom is -0.496 e. The molecule has 0 bridgehead atoms. The minimum atomic E-state index is 0.197. The van der Waals surface area contributed by atoms with Crippen molar-refractivity contribution in [1.82, 2.24) is 19.7 Å². The third-order valence-electron chi connectivity index (χ3n) is 6.28. The minimum absolute atomic E-state index is 0.197. The number of benzene rings is 2. The third-order valence-corrected chi connectivity index (χ3v) is 7.23. The molecular formula is C26H32N4O2S. The van der Waals surface area contributed by atoms with Crippen LogP contribution < -0.4 is 4.74 Å².